The fourth-order valence-corrected chi connectivity index (χ4v) is 3.50. The number of ether oxygens (including phenoxy) is 2. The smallest absolute Gasteiger partial charge is 0.414 e. The molecule has 0 aliphatic carbocycles. The maximum absolute atomic E-state index is 13.0. The number of carbonyl (C=O) groups is 2. The van der Waals surface area contributed by atoms with Crippen LogP contribution in [0.5, 0.6) is 5.75 Å². The maximum Gasteiger partial charge on any atom is 0.414 e. The van der Waals surface area contributed by atoms with Gasteiger partial charge >= 0.3 is 6.09 Å². The molecule has 0 fully saturated rings. The molecule has 0 bridgehead atoms. The number of benzene rings is 2. The summed E-state index contributed by atoms with van der Waals surface area (Å²) < 4.78 is 10.8. The predicted octanol–water partition coefficient (Wildman–Crippen LogP) is 5.47. The molecule has 12 heteroatoms. The van der Waals surface area contributed by atoms with E-state index in [9.17, 15) is 9.59 Å². The Morgan fingerprint density at radius 1 is 1.10 bits per heavy atom. The molecule has 0 saturated carbocycles. The highest BCUT2D eigenvalue weighted by Crippen LogP contribution is 2.29. The minimum Gasteiger partial charge on any atom is -0.490 e. The summed E-state index contributed by atoms with van der Waals surface area (Å²) >= 11 is 12.2. The Hall–Kier alpha value is -3.76. The van der Waals surface area contributed by atoms with Gasteiger partial charge in [-0.15, -0.1) is 0 Å². The molecule has 2 aromatic rings. The van der Waals surface area contributed by atoms with Gasteiger partial charge in [0.05, 0.1) is 34.4 Å². The molecular weight excluding hydrogens is 545 g/mol. The van der Waals surface area contributed by atoms with Gasteiger partial charge in [-0.1, -0.05) is 41.0 Å². The van der Waals surface area contributed by atoms with Crippen molar-refractivity contribution in [2.45, 2.75) is 46.3 Å². The van der Waals surface area contributed by atoms with E-state index in [0.717, 1.165) is 0 Å². The molecule has 10 nitrogen and oxygen atoms in total. The molecular formula is C27H33Cl2N5O5. The number of halogens is 2. The fourth-order valence-electron chi connectivity index (χ4n) is 2.97. The van der Waals surface area contributed by atoms with Crippen molar-refractivity contribution < 1.29 is 23.9 Å². The number of oxime groups is 1. The van der Waals surface area contributed by atoms with Gasteiger partial charge in [0.15, 0.2) is 0 Å². The summed E-state index contributed by atoms with van der Waals surface area (Å²) in [5.74, 6) is -0.0106. The van der Waals surface area contributed by atoms with Crippen molar-refractivity contribution in [3.8, 4) is 5.75 Å². The number of amides is 2. The molecule has 210 valence electrons. The predicted molar refractivity (Wildman–Crippen MR) is 154 cm³/mol. The van der Waals surface area contributed by atoms with Crippen LogP contribution in [0.1, 0.15) is 45.2 Å². The highest BCUT2D eigenvalue weighted by molar-refractivity contribution is 6.38. The van der Waals surface area contributed by atoms with E-state index in [-0.39, 0.29) is 34.7 Å². The van der Waals surface area contributed by atoms with Crippen molar-refractivity contribution in [2.24, 2.45) is 10.1 Å². The van der Waals surface area contributed by atoms with Gasteiger partial charge in [-0.2, -0.15) is 0 Å². The molecule has 0 atom stereocenters. The van der Waals surface area contributed by atoms with Gasteiger partial charge in [-0.25, -0.2) is 9.79 Å². The third kappa shape index (κ3) is 11.3. The van der Waals surface area contributed by atoms with Gasteiger partial charge in [0.2, 0.25) is 11.9 Å². The summed E-state index contributed by atoms with van der Waals surface area (Å²) in [6.45, 7) is 11.2. The number of hydrogen-bond donors (Lipinski definition) is 3. The monoisotopic (exact) mass is 577 g/mol. The van der Waals surface area contributed by atoms with E-state index in [2.05, 4.69) is 27.4 Å². The van der Waals surface area contributed by atoms with E-state index in [1.807, 2.05) is 0 Å². The lowest BCUT2D eigenvalue weighted by molar-refractivity contribution is -0.118. The fraction of sp³-hybridized carbons (Fsp3) is 0.333. The van der Waals surface area contributed by atoms with Crippen molar-refractivity contribution in [2.75, 3.05) is 18.9 Å². The van der Waals surface area contributed by atoms with Crippen LogP contribution in [0.25, 0.3) is 0 Å². The summed E-state index contributed by atoms with van der Waals surface area (Å²) in [6, 6.07) is 10.2. The quantitative estimate of drug-likeness (QED) is 0.113. The van der Waals surface area contributed by atoms with E-state index in [1.54, 1.807) is 70.2 Å². The largest absolute Gasteiger partial charge is 0.490 e. The van der Waals surface area contributed by atoms with Crippen molar-refractivity contribution in [1.29, 1.82) is 0 Å². The molecule has 0 heterocycles. The Labute approximate surface area is 238 Å². The summed E-state index contributed by atoms with van der Waals surface area (Å²) in [7, 11) is 0. The molecule has 0 spiro atoms. The summed E-state index contributed by atoms with van der Waals surface area (Å²) in [4.78, 5) is 35.0. The van der Waals surface area contributed by atoms with Crippen LogP contribution in [0, 0.1) is 0 Å². The minimum absolute atomic E-state index is 0.0250. The summed E-state index contributed by atoms with van der Waals surface area (Å²) in [5, 5.41) is 9.67. The number of aliphatic imine (C=N–C) groups is 1. The normalized spacial score (nSPS) is 11.9. The molecule has 0 radical (unpaired) electrons. The van der Waals surface area contributed by atoms with Crippen molar-refractivity contribution in [1.82, 2.24) is 10.6 Å². The number of hydrogen-bond acceptors (Lipinski definition) is 8. The van der Waals surface area contributed by atoms with Gasteiger partial charge in [-0.05, 0) is 69.7 Å². The first-order chi connectivity index (χ1) is 18.4. The number of rotatable bonds is 10. The Kier molecular flexibility index (Phi) is 12.1. The van der Waals surface area contributed by atoms with Crippen molar-refractivity contribution >= 4 is 52.6 Å². The van der Waals surface area contributed by atoms with E-state index in [4.69, 9.17) is 43.2 Å². The van der Waals surface area contributed by atoms with Crippen LogP contribution in [0.2, 0.25) is 10.0 Å². The van der Waals surface area contributed by atoms with Crippen LogP contribution in [-0.4, -0.2) is 42.5 Å². The Morgan fingerprint density at radius 3 is 2.31 bits per heavy atom. The topological polar surface area (TPSA) is 137 Å². The minimum atomic E-state index is -0.798. The number of anilines is 1. The summed E-state index contributed by atoms with van der Waals surface area (Å²) in [6.07, 6.45) is 0.663. The van der Waals surface area contributed by atoms with Crippen LogP contribution >= 0.6 is 23.2 Å². The van der Waals surface area contributed by atoms with E-state index in [1.165, 1.54) is 0 Å². The number of nitrogen functional groups attached to an aromatic ring is 1. The molecule has 2 amide bonds. The first-order valence-corrected chi connectivity index (χ1v) is 12.8. The van der Waals surface area contributed by atoms with Crippen LogP contribution in [-0.2, 0) is 20.9 Å². The Morgan fingerprint density at radius 2 is 1.74 bits per heavy atom. The highest BCUT2D eigenvalue weighted by Gasteiger charge is 2.20. The first kappa shape index (κ1) is 31.5. The van der Waals surface area contributed by atoms with Gasteiger partial charge in [-0.3, -0.25) is 15.4 Å². The number of carbonyl (C=O) groups excluding carboxylic acids is 2. The lowest BCUT2D eigenvalue weighted by atomic mass is 10.1. The third-order valence-electron chi connectivity index (χ3n) is 4.62. The lowest BCUT2D eigenvalue weighted by Gasteiger charge is -2.20. The Balaban J connectivity index is 2.24. The molecule has 0 aromatic heterocycles. The average molecular weight is 578 g/mol. The van der Waals surface area contributed by atoms with E-state index < -0.39 is 17.6 Å². The van der Waals surface area contributed by atoms with Crippen LogP contribution in [0.15, 0.2) is 59.2 Å². The van der Waals surface area contributed by atoms with Gasteiger partial charge < -0.3 is 20.0 Å². The summed E-state index contributed by atoms with van der Waals surface area (Å²) in [5.41, 5.74) is 6.88. The third-order valence-corrected chi connectivity index (χ3v) is 5.25. The molecule has 39 heavy (non-hydrogen) atoms. The SMILES string of the molecule is C=CCOc1ccc(/C(CC(=O)NC(=NCc2cc(Cl)c(N)c(Cl)c2)NC(=O)OC(C)(C)C)=N\OCC)cc1. The number of nitrogens with one attached hydrogen (secondary N) is 2. The molecule has 0 saturated heterocycles. The second-order valence-corrected chi connectivity index (χ2v) is 9.88. The standard InChI is InChI=1S/C27H33Cl2N5O5/c1-6-12-37-19-10-8-18(9-11-19)22(34-38-7-2)15-23(35)32-25(33-26(36)39-27(3,4)5)31-16-17-13-20(28)24(30)21(29)14-17/h6,8-11,13-14H,1,7,12,15-16,30H2,2-5H3,(H2,31,32,33,35,36)/b34-22-. The van der Waals surface area contributed by atoms with Crippen LogP contribution < -0.4 is 21.1 Å². The maximum atomic E-state index is 13.0. The molecule has 4 N–H and O–H groups in total. The average Bonchev–Trinajstić information content (AvgIpc) is 2.86. The highest BCUT2D eigenvalue weighted by atomic mass is 35.5. The zero-order chi connectivity index (χ0) is 29.0. The zero-order valence-electron chi connectivity index (χ0n) is 22.3. The molecule has 0 unspecified atom stereocenters. The van der Waals surface area contributed by atoms with Crippen molar-refractivity contribution in [3.63, 3.8) is 0 Å². The second kappa shape index (κ2) is 15.0. The molecule has 2 rings (SSSR count). The van der Waals surface area contributed by atoms with Gasteiger partial charge in [0.25, 0.3) is 0 Å². The number of alkyl carbamates (subject to hydrolysis) is 1. The number of guanidine groups is 1. The van der Waals surface area contributed by atoms with Crippen molar-refractivity contribution in [3.05, 3.63) is 70.2 Å². The van der Waals surface area contributed by atoms with E-state index in [0.29, 0.717) is 35.8 Å². The molecule has 0 aliphatic heterocycles. The Bertz CT molecular complexity index is 1200. The van der Waals surface area contributed by atoms with Gasteiger partial charge in [0, 0.05) is 5.56 Å². The van der Waals surface area contributed by atoms with Gasteiger partial charge in [0.1, 0.15) is 24.6 Å². The van der Waals surface area contributed by atoms with Crippen LogP contribution in [0.4, 0.5) is 10.5 Å². The second-order valence-electron chi connectivity index (χ2n) is 9.07. The number of nitrogens with zero attached hydrogens (tertiary/aromatic N) is 2. The van der Waals surface area contributed by atoms with E-state index >= 15 is 0 Å². The lowest BCUT2D eigenvalue weighted by Crippen LogP contribution is -2.46. The molecule has 2 aromatic carbocycles. The molecule has 0 aliphatic rings. The van der Waals surface area contributed by atoms with Crippen LogP contribution in [0.3, 0.4) is 0 Å². The first-order valence-electron chi connectivity index (χ1n) is 12.0. The number of nitrogens with two attached hydrogens (primary N) is 1. The zero-order valence-corrected chi connectivity index (χ0v) is 23.9.